The van der Waals surface area contributed by atoms with Gasteiger partial charge in [-0.25, -0.2) is 4.98 Å². The third-order valence-electron chi connectivity index (χ3n) is 3.76. The Labute approximate surface area is 128 Å². The Morgan fingerprint density at radius 1 is 1.48 bits per heavy atom. The Balaban J connectivity index is 1.95. The summed E-state index contributed by atoms with van der Waals surface area (Å²) in [6, 6.07) is 3.45. The summed E-state index contributed by atoms with van der Waals surface area (Å²) < 4.78 is 0. The molecule has 1 aromatic heterocycles. The summed E-state index contributed by atoms with van der Waals surface area (Å²) in [6.07, 6.45) is 1.52. The predicted octanol–water partition coefficient (Wildman–Crippen LogP) is 1.35. The van der Waals surface area contributed by atoms with Crippen LogP contribution in [0.2, 0.25) is 5.02 Å². The third kappa shape index (κ3) is 3.64. The molecule has 0 saturated carbocycles. The number of pyridine rings is 1. The first-order chi connectivity index (χ1) is 9.88. The van der Waals surface area contributed by atoms with Crippen LogP contribution in [0.15, 0.2) is 18.3 Å². The molecule has 1 aromatic rings. The molecular weight excluding hydrogens is 294 g/mol. The Bertz CT molecular complexity index is 535. The van der Waals surface area contributed by atoms with E-state index in [0.717, 1.165) is 0 Å². The SMILES string of the molecule is C[C@@H]1CN(C(=O)CN(C)c2ccc(Cl)cn2)C[C@H]1C(=O)O. The van der Waals surface area contributed by atoms with Crippen molar-refractivity contribution in [3.8, 4) is 0 Å². The summed E-state index contributed by atoms with van der Waals surface area (Å²) >= 11 is 5.78. The summed E-state index contributed by atoms with van der Waals surface area (Å²) in [5, 5.41) is 9.64. The lowest BCUT2D eigenvalue weighted by Crippen LogP contribution is -2.38. The van der Waals surface area contributed by atoms with E-state index in [0.29, 0.717) is 17.4 Å². The van der Waals surface area contributed by atoms with Gasteiger partial charge in [-0.3, -0.25) is 9.59 Å². The fourth-order valence-electron chi connectivity index (χ4n) is 2.47. The molecule has 0 aliphatic carbocycles. The minimum atomic E-state index is -0.842. The number of aliphatic carboxylic acids is 1. The highest BCUT2D eigenvalue weighted by Crippen LogP contribution is 2.23. The minimum absolute atomic E-state index is 0.0228. The zero-order chi connectivity index (χ0) is 15.6. The van der Waals surface area contributed by atoms with Crippen molar-refractivity contribution >= 4 is 29.3 Å². The molecule has 0 bridgehead atoms. The van der Waals surface area contributed by atoms with Crippen molar-refractivity contribution in [1.29, 1.82) is 0 Å². The van der Waals surface area contributed by atoms with E-state index in [1.807, 2.05) is 6.92 Å². The van der Waals surface area contributed by atoms with E-state index >= 15 is 0 Å². The molecule has 1 aliphatic rings. The van der Waals surface area contributed by atoms with Crippen LogP contribution in [0, 0.1) is 11.8 Å². The maximum Gasteiger partial charge on any atom is 0.308 e. The predicted molar refractivity (Wildman–Crippen MR) is 79.4 cm³/mol. The molecule has 0 aromatic carbocycles. The van der Waals surface area contributed by atoms with Crippen molar-refractivity contribution in [3.63, 3.8) is 0 Å². The first-order valence-electron chi connectivity index (χ1n) is 6.71. The largest absolute Gasteiger partial charge is 0.481 e. The van der Waals surface area contributed by atoms with E-state index in [9.17, 15) is 9.59 Å². The van der Waals surface area contributed by atoms with Crippen LogP contribution in [-0.2, 0) is 9.59 Å². The van der Waals surface area contributed by atoms with Crippen molar-refractivity contribution in [2.24, 2.45) is 11.8 Å². The van der Waals surface area contributed by atoms with Crippen molar-refractivity contribution in [1.82, 2.24) is 9.88 Å². The third-order valence-corrected chi connectivity index (χ3v) is 3.98. The van der Waals surface area contributed by atoms with Crippen LogP contribution in [0.25, 0.3) is 0 Å². The summed E-state index contributed by atoms with van der Waals surface area (Å²) in [4.78, 5) is 30.8. The van der Waals surface area contributed by atoms with Gasteiger partial charge < -0.3 is 14.9 Å². The molecule has 1 amide bonds. The lowest BCUT2D eigenvalue weighted by Gasteiger charge is -2.22. The second-order valence-electron chi connectivity index (χ2n) is 5.41. The normalized spacial score (nSPS) is 21.4. The second-order valence-corrected chi connectivity index (χ2v) is 5.85. The van der Waals surface area contributed by atoms with Crippen LogP contribution in [0.5, 0.6) is 0 Å². The average molecular weight is 312 g/mol. The number of carbonyl (C=O) groups excluding carboxylic acids is 1. The highest BCUT2D eigenvalue weighted by Gasteiger charge is 2.36. The molecule has 0 radical (unpaired) electrons. The van der Waals surface area contributed by atoms with E-state index < -0.39 is 11.9 Å². The number of halogens is 1. The Morgan fingerprint density at radius 2 is 2.19 bits per heavy atom. The zero-order valence-electron chi connectivity index (χ0n) is 12.0. The molecule has 0 unspecified atom stereocenters. The van der Waals surface area contributed by atoms with E-state index in [1.165, 1.54) is 6.20 Å². The smallest absolute Gasteiger partial charge is 0.308 e. The van der Waals surface area contributed by atoms with E-state index in [4.69, 9.17) is 16.7 Å². The zero-order valence-corrected chi connectivity index (χ0v) is 12.7. The molecule has 1 saturated heterocycles. The van der Waals surface area contributed by atoms with Gasteiger partial charge in [0.05, 0.1) is 17.5 Å². The number of anilines is 1. The van der Waals surface area contributed by atoms with Gasteiger partial charge in [-0.1, -0.05) is 18.5 Å². The molecular formula is C14H18ClN3O3. The van der Waals surface area contributed by atoms with Gasteiger partial charge in [0.25, 0.3) is 0 Å². The van der Waals surface area contributed by atoms with Gasteiger partial charge in [0.1, 0.15) is 5.82 Å². The number of carboxylic acids is 1. The number of hydrogen-bond donors (Lipinski definition) is 1. The fraction of sp³-hybridized carbons (Fsp3) is 0.500. The minimum Gasteiger partial charge on any atom is -0.481 e. The monoisotopic (exact) mass is 311 g/mol. The fourth-order valence-corrected chi connectivity index (χ4v) is 2.58. The van der Waals surface area contributed by atoms with Gasteiger partial charge in [-0.2, -0.15) is 0 Å². The van der Waals surface area contributed by atoms with Gasteiger partial charge in [0.15, 0.2) is 0 Å². The molecule has 6 nitrogen and oxygen atoms in total. The average Bonchev–Trinajstić information content (AvgIpc) is 2.81. The number of carbonyl (C=O) groups is 2. The molecule has 1 N–H and O–H groups in total. The van der Waals surface area contributed by atoms with Gasteiger partial charge >= 0.3 is 5.97 Å². The maximum atomic E-state index is 12.2. The molecule has 2 rings (SSSR count). The number of likely N-dealkylation sites (tertiary alicyclic amines) is 1. The van der Waals surface area contributed by atoms with E-state index in [1.54, 1.807) is 29.0 Å². The molecule has 114 valence electrons. The molecule has 2 atom stereocenters. The quantitative estimate of drug-likeness (QED) is 0.908. The summed E-state index contributed by atoms with van der Waals surface area (Å²) in [7, 11) is 1.77. The highest BCUT2D eigenvalue weighted by atomic mass is 35.5. The van der Waals surface area contributed by atoms with Crippen LogP contribution in [0.1, 0.15) is 6.92 Å². The standard InChI is InChI=1S/C14H18ClN3O3/c1-9-6-18(7-11(9)14(20)21)13(19)8-17(2)12-4-3-10(15)5-16-12/h3-5,9,11H,6-8H2,1-2H3,(H,20,21)/t9-,11-/m1/s1. The molecule has 0 spiro atoms. The van der Waals surface area contributed by atoms with Crippen LogP contribution >= 0.6 is 11.6 Å². The summed E-state index contributed by atoms with van der Waals surface area (Å²) in [6.45, 7) is 2.78. The first-order valence-corrected chi connectivity index (χ1v) is 7.09. The number of amides is 1. The number of carboxylic acid groups (broad SMARTS) is 1. The molecule has 7 heteroatoms. The highest BCUT2D eigenvalue weighted by molar-refractivity contribution is 6.30. The van der Waals surface area contributed by atoms with Gasteiger partial charge in [0.2, 0.25) is 5.91 Å². The number of nitrogens with zero attached hydrogens (tertiary/aromatic N) is 3. The number of rotatable bonds is 4. The molecule has 2 heterocycles. The number of aromatic nitrogens is 1. The van der Waals surface area contributed by atoms with Crippen LogP contribution in [-0.4, -0.2) is 53.5 Å². The number of hydrogen-bond acceptors (Lipinski definition) is 4. The Morgan fingerprint density at radius 3 is 2.71 bits per heavy atom. The lowest BCUT2D eigenvalue weighted by atomic mass is 9.99. The number of likely N-dealkylation sites (N-methyl/N-ethyl adjacent to an activating group) is 1. The topological polar surface area (TPSA) is 73.7 Å². The molecule has 1 fully saturated rings. The van der Waals surface area contributed by atoms with Gasteiger partial charge in [-0.15, -0.1) is 0 Å². The lowest BCUT2D eigenvalue weighted by molar-refractivity contribution is -0.142. The van der Waals surface area contributed by atoms with Crippen molar-refractivity contribution in [3.05, 3.63) is 23.4 Å². The van der Waals surface area contributed by atoms with Crippen LogP contribution < -0.4 is 4.90 Å². The van der Waals surface area contributed by atoms with Crippen molar-refractivity contribution in [2.45, 2.75) is 6.92 Å². The van der Waals surface area contributed by atoms with Gasteiger partial charge in [0, 0.05) is 26.3 Å². The Kier molecular flexibility index (Phi) is 4.67. The second kappa shape index (κ2) is 6.30. The first kappa shape index (κ1) is 15.6. The molecule has 21 heavy (non-hydrogen) atoms. The van der Waals surface area contributed by atoms with Crippen molar-refractivity contribution < 1.29 is 14.7 Å². The van der Waals surface area contributed by atoms with Crippen LogP contribution in [0.4, 0.5) is 5.82 Å². The summed E-state index contributed by atoms with van der Waals surface area (Å²) in [5.74, 6) is -0.788. The Hall–Kier alpha value is -1.82. The van der Waals surface area contributed by atoms with Crippen LogP contribution in [0.3, 0.4) is 0 Å². The summed E-state index contributed by atoms with van der Waals surface area (Å²) in [5.41, 5.74) is 0. The van der Waals surface area contributed by atoms with Crippen molar-refractivity contribution in [2.75, 3.05) is 31.6 Å². The van der Waals surface area contributed by atoms with E-state index in [-0.39, 0.29) is 24.9 Å². The van der Waals surface area contributed by atoms with Gasteiger partial charge in [-0.05, 0) is 18.1 Å². The van der Waals surface area contributed by atoms with E-state index in [2.05, 4.69) is 4.98 Å². The molecule has 1 aliphatic heterocycles. The maximum absolute atomic E-state index is 12.2.